The van der Waals surface area contributed by atoms with Crippen LogP contribution in [-0.4, -0.2) is 4.98 Å². The lowest BCUT2D eigenvalue weighted by Crippen LogP contribution is -1.82. The first kappa shape index (κ1) is 14.8. The van der Waals surface area contributed by atoms with E-state index in [1.165, 1.54) is 69.6 Å². The molecule has 0 aliphatic rings. The molecule has 0 aromatic carbocycles. The van der Waals surface area contributed by atoms with Gasteiger partial charge in [-0.3, -0.25) is 4.98 Å². The number of aromatic nitrogens is 1. The van der Waals surface area contributed by atoms with E-state index in [0.29, 0.717) is 0 Å². The molecular formula is C15H28NP. The summed E-state index contributed by atoms with van der Waals surface area (Å²) in [4.78, 5) is 4.58. The van der Waals surface area contributed by atoms with Crippen LogP contribution in [0.5, 0.6) is 0 Å². The van der Waals surface area contributed by atoms with Gasteiger partial charge in [0.1, 0.15) is 0 Å². The number of unbranched alkanes of at least 4 members (excludes halogenated alkanes) is 6. The van der Waals surface area contributed by atoms with E-state index in [9.17, 15) is 0 Å². The third kappa shape index (κ3) is 6.88. The molecule has 1 aromatic heterocycles. The van der Waals surface area contributed by atoms with Crippen molar-refractivity contribution in [1.29, 1.82) is 0 Å². The van der Waals surface area contributed by atoms with Gasteiger partial charge < -0.3 is 0 Å². The Labute approximate surface area is 109 Å². The maximum Gasteiger partial charge on any atom is 0.0564 e. The maximum absolute atomic E-state index is 4.58. The first-order valence-electron chi connectivity index (χ1n) is 7.39. The van der Waals surface area contributed by atoms with Gasteiger partial charge in [0, 0.05) is 6.20 Å². The highest BCUT2D eigenvalue weighted by atomic mass is 31.0. The van der Waals surface area contributed by atoms with Crippen molar-refractivity contribution in [2.45, 2.75) is 78.1 Å². The fourth-order valence-electron chi connectivity index (χ4n) is 2.12. The van der Waals surface area contributed by atoms with Gasteiger partial charge in [0.05, 0.1) is 5.43 Å². The third-order valence-electron chi connectivity index (χ3n) is 3.25. The molecule has 0 amide bonds. The normalized spacial score (nSPS) is 11.4. The van der Waals surface area contributed by atoms with Gasteiger partial charge in [0.15, 0.2) is 0 Å². The van der Waals surface area contributed by atoms with Gasteiger partial charge in [0.2, 0.25) is 0 Å². The predicted molar refractivity (Wildman–Crippen MR) is 79.4 cm³/mol. The highest BCUT2D eigenvalue weighted by Gasteiger charge is 2.00. The molecular weight excluding hydrogens is 225 g/mol. The van der Waals surface area contributed by atoms with Gasteiger partial charge >= 0.3 is 0 Å². The van der Waals surface area contributed by atoms with Crippen molar-refractivity contribution < 1.29 is 0 Å². The van der Waals surface area contributed by atoms with Gasteiger partial charge in [-0.25, -0.2) is 0 Å². The summed E-state index contributed by atoms with van der Waals surface area (Å²) in [7, 11) is 0.926. The SMILES string of the molecule is CCCCCCc1cnc(CCCCCC)[pH]1. The molecule has 0 bridgehead atoms. The lowest BCUT2D eigenvalue weighted by atomic mass is 10.1. The average molecular weight is 253 g/mol. The van der Waals surface area contributed by atoms with Crippen LogP contribution in [0.15, 0.2) is 6.20 Å². The lowest BCUT2D eigenvalue weighted by Gasteiger charge is -1.97. The van der Waals surface area contributed by atoms with E-state index >= 15 is 0 Å². The number of rotatable bonds is 10. The van der Waals surface area contributed by atoms with E-state index < -0.39 is 0 Å². The molecule has 98 valence electrons. The Kier molecular flexibility index (Phi) is 8.44. The van der Waals surface area contributed by atoms with Gasteiger partial charge in [-0.15, -0.1) is 8.19 Å². The Morgan fingerprint density at radius 3 is 2.18 bits per heavy atom. The second-order valence-corrected chi connectivity index (χ2v) is 6.45. The average Bonchev–Trinajstić information content (AvgIpc) is 2.78. The topological polar surface area (TPSA) is 12.9 Å². The Bertz CT molecular complexity index is 254. The zero-order valence-electron chi connectivity index (χ0n) is 11.6. The number of aryl methyl sites for hydroxylation is 2. The molecule has 0 spiro atoms. The summed E-state index contributed by atoms with van der Waals surface area (Å²) in [6.07, 6.45) is 15.6. The lowest BCUT2D eigenvalue weighted by molar-refractivity contribution is 0.665. The highest BCUT2D eigenvalue weighted by molar-refractivity contribution is 7.31. The molecule has 0 saturated heterocycles. The molecule has 0 fully saturated rings. The van der Waals surface area contributed by atoms with Crippen LogP contribution in [0.4, 0.5) is 0 Å². The standard InChI is InChI=1S/C15H28NP/c1-3-5-7-9-11-14-13-16-15(17-14)12-10-8-6-4-2/h13,17H,3-12H2,1-2H3. The summed E-state index contributed by atoms with van der Waals surface area (Å²) >= 11 is 0. The van der Waals surface area contributed by atoms with Gasteiger partial charge in [-0.1, -0.05) is 52.4 Å². The van der Waals surface area contributed by atoms with Gasteiger partial charge in [0.25, 0.3) is 0 Å². The summed E-state index contributed by atoms with van der Waals surface area (Å²) in [5.74, 6) is 0. The van der Waals surface area contributed by atoms with Crippen LogP contribution in [0.1, 0.15) is 75.9 Å². The number of hydrogen-bond acceptors (Lipinski definition) is 1. The third-order valence-corrected chi connectivity index (χ3v) is 4.62. The monoisotopic (exact) mass is 253 g/mol. The van der Waals surface area contributed by atoms with Crippen molar-refractivity contribution >= 4 is 8.19 Å². The van der Waals surface area contributed by atoms with Crippen LogP contribution >= 0.6 is 8.19 Å². The van der Waals surface area contributed by atoms with E-state index in [1.807, 2.05) is 0 Å². The fourth-order valence-corrected chi connectivity index (χ4v) is 3.35. The zero-order valence-corrected chi connectivity index (χ0v) is 12.6. The second-order valence-electron chi connectivity index (χ2n) is 4.98. The molecule has 1 aromatic rings. The summed E-state index contributed by atoms with van der Waals surface area (Å²) in [5, 5.41) is 1.60. The summed E-state index contributed by atoms with van der Waals surface area (Å²) < 4.78 is 0. The van der Waals surface area contributed by atoms with Crippen molar-refractivity contribution in [3.05, 3.63) is 16.9 Å². The maximum atomic E-state index is 4.58. The molecule has 0 saturated carbocycles. The molecule has 0 radical (unpaired) electrons. The first-order chi connectivity index (χ1) is 8.36. The zero-order chi connectivity index (χ0) is 12.3. The number of hydrogen-bond donors (Lipinski definition) is 0. The van der Waals surface area contributed by atoms with E-state index in [1.54, 1.807) is 5.30 Å². The Morgan fingerprint density at radius 1 is 0.882 bits per heavy atom. The van der Waals surface area contributed by atoms with Crippen molar-refractivity contribution in [2.75, 3.05) is 0 Å². The molecule has 1 atom stereocenters. The first-order valence-corrected chi connectivity index (χ1v) is 8.39. The molecule has 1 rings (SSSR count). The van der Waals surface area contributed by atoms with E-state index in [-0.39, 0.29) is 0 Å². The molecule has 1 heterocycles. The Balaban J connectivity index is 2.14. The quantitative estimate of drug-likeness (QED) is 0.512. The van der Waals surface area contributed by atoms with Crippen LogP contribution in [0, 0.1) is 0 Å². The van der Waals surface area contributed by atoms with Crippen molar-refractivity contribution in [1.82, 2.24) is 4.98 Å². The highest BCUT2D eigenvalue weighted by Crippen LogP contribution is 2.23. The van der Waals surface area contributed by atoms with Crippen LogP contribution in [-0.2, 0) is 12.8 Å². The van der Waals surface area contributed by atoms with Crippen LogP contribution in [0.2, 0.25) is 0 Å². The fraction of sp³-hybridized carbons (Fsp3) is 0.800. The minimum absolute atomic E-state index is 0.926. The summed E-state index contributed by atoms with van der Waals surface area (Å²) in [6, 6.07) is 0. The van der Waals surface area contributed by atoms with Crippen molar-refractivity contribution in [3.8, 4) is 0 Å². The van der Waals surface area contributed by atoms with E-state index in [0.717, 1.165) is 8.19 Å². The summed E-state index contributed by atoms with van der Waals surface area (Å²) in [5.41, 5.74) is 1.46. The van der Waals surface area contributed by atoms with Crippen LogP contribution in [0.3, 0.4) is 0 Å². The summed E-state index contributed by atoms with van der Waals surface area (Å²) in [6.45, 7) is 4.54. The molecule has 1 unspecified atom stereocenters. The molecule has 1 nitrogen and oxygen atoms in total. The van der Waals surface area contributed by atoms with Crippen molar-refractivity contribution in [3.63, 3.8) is 0 Å². The van der Waals surface area contributed by atoms with E-state index in [2.05, 4.69) is 25.0 Å². The number of nitrogens with zero attached hydrogens (tertiary/aromatic N) is 1. The smallest absolute Gasteiger partial charge is 0.0564 e. The molecule has 0 aliphatic heterocycles. The Hall–Kier alpha value is -0.290. The Morgan fingerprint density at radius 2 is 1.53 bits per heavy atom. The second kappa shape index (κ2) is 9.71. The van der Waals surface area contributed by atoms with Crippen LogP contribution < -0.4 is 0 Å². The van der Waals surface area contributed by atoms with Gasteiger partial charge in [-0.05, 0) is 31.0 Å². The minimum Gasteiger partial charge on any atom is -0.257 e. The van der Waals surface area contributed by atoms with Crippen molar-refractivity contribution in [2.24, 2.45) is 0 Å². The predicted octanol–water partition coefficient (Wildman–Crippen LogP) is 5.36. The van der Waals surface area contributed by atoms with E-state index in [4.69, 9.17) is 0 Å². The minimum atomic E-state index is 0.926. The molecule has 2 heteroatoms. The molecule has 17 heavy (non-hydrogen) atoms. The van der Waals surface area contributed by atoms with Crippen LogP contribution in [0.25, 0.3) is 0 Å². The molecule has 0 N–H and O–H groups in total. The largest absolute Gasteiger partial charge is 0.257 e. The molecule has 0 aliphatic carbocycles. The van der Waals surface area contributed by atoms with Gasteiger partial charge in [-0.2, -0.15) is 0 Å².